The van der Waals surface area contributed by atoms with E-state index in [2.05, 4.69) is 14.5 Å². The first kappa shape index (κ1) is 10.5. The molecule has 12 heavy (non-hydrogen) atoms. The van der Waals surface area contributed by atoms with Gasteiger partial charge in [-0.15, -0.1) is 0 Å². The van der Waals surface area contributed by atoms with Gasteiger partial charge in [0, 0.05) is 0 Å². The van der Waals surface area contributed by atoms with Crippen molar-refractivity contribution < 1.29 is 39.4 Å². The highest BCUT2D eigenvalue weighted by Crippen LogP contribution is 1.91. The van der Waals surface area contributed by atoms with Gasteiger partial charge in [-0.05, 0) is 0 Å². The maximum absolute atomic E-state index is 10.2. The van der Waals surface area contributed by atoms with E-state index in [1.807, 2.05) is 0 Å². The molecule has 8 heteroatoms. The molecule has 0 aliphatic carbocycles. The molecule has 70 valence electrons. The zero-order valence-corrected chi connectivity index (χ0v) is 5.67. The second-order valence-electron chi connectivity index (χ2n) is 1.44. The van der Waals surface area contributed by atoms with Crippen molar-refractivity contribution in [3.8, 4) is 0 Å². The van der Waals surface area contributed by atoms with Crippen molar-refractivity contribution in [3.05, 3.63) is 0 Å². The van der Waals surface area contributed by atoms with E-state index in [0.29, 0.717) is 0 Å². The summed E-state index contributed by atoms with van der Waals surface area (Å²) in [4.78, 5) is 26.5. The molecule has 1 unspecified atom stereocenters. The van der Waals surface area contributed by atoms with Crippen molar-refractivity contribution in [1.82, 2.24) is 0 Å². The molecule has 0 aliphatic heterocycles. The maximum atomic E-state index is 10.2. The number of ether oxygens (including phenoxy) is 1. The summed E-state index contributed by atoms with van der Waals surface area (Å²) in [5, 5.41) is 24.3. The van der Waals surface area contributed by atoms with Crippen molar-refractivity contribution in [2.75, 3.05) is 6.61 Å². The lowest BCUT2D eigenvalue weighted by Gasteiger charge is -2.06. The number of carbonyl (C=O) groups excluding carboxylic acids is 1. The first-order chi connectivity index (χ1) is 5.56. The number of aliphatic hydroxyl groups is 2. The standard InChI is InChI=1S/C4H6O8/c5-1-2(6)10-4(9)12-11-3(7)8/h2,5-6H,1H2,(H,7,8). The Bertz CT molecular complexity index is 164. The molecule has 0 bridgehead atoms. The van der Waals surface area contributed by atoms with Crippen molar-refractivity contribution in [2.24, 2.45) is 0 Å². The van der Waals surface area contributed by atoms with E-state index in [1.54, 1.807) is 0 Å². The number of aliphatic hydroxyl groups excluding tert-OH is 2. The summed E-state index contributed by atoms with van der Waals surface area (Å²) in [5.41, 5.74) is 0. The third kappa shape index (κ3) is 5.26. The first-order valence-electron chi connectivity index (χ1n) is 2.63. The molecule has 0 aromatic carbocycles. The molecule has 0 spiro atoms. The van der Waals surface area contributed by atoms with Crippen molar-refractivity contribution in [1.29, 1.82) is 0 Å². The highest BCUT2D eigenvalue weighted by Gasteiger charge is 2.13. The molecular weight excluding hydrogens is 176 g/mol. The fourth-order valence-corrected chi connectivity index (χ4v) is 0.238. The van der Waals surface area contributed by atoms with Crippen LogP contribution in [0.5, 0.6) is 0 Å². The van der Waals surface area contributed by atoms with E-state index in [1.165, 1.54) is 0 Å². The largest absolute Gasteiger partial charge is 0.552 e. The van der Waals surface area contributed by atoms with Crippen LogP contribution < -0.4 is 0 Å². The van der Waals surface area contributed by atoms with E-state index in [4.69, 9.17) is 15.3 Å². The smallest absolute Gasteiger partial charge is 0.447 e. The van der Waals surface area contributed by atoms with Crippen molar-refractivity contribution in [3.63, 3.8) is 0 Å². The van der Waals surface area contributed by atoms with Gasteiger partial charge in [0.2, 0.25) is 6.29 Å². The molecule has 0 rings (SSSR count). The molecule has 0 amide bonds. The molecule has 0 fully saturated rings. The van der Waals surface area contributed by atoms with Crippen LogP contribution in [-0.4, -0.2) is 40.5 Å². The van der Waals surface area contributed by atoms with E-state index in [9.17, 15) is 9.59 Å². The Balaban J connectivity index is 3.53. The molecule has 8 nitrogen and oxygen atoms in total. The van der Waals surface area contributed by atoms with Crippen LogP contribution in [0.15, 0.2) is 0 Å². The average Bonchev–Trinajstić information content (AvgIpc) is 2.00. The Morgan fingerprint density at radius 1 is 1.33 bits per heavy atom. The first-order valence-corrected chi connectivity index (χ1v) is 2.63. The number of hydrogen-bond donors (Lipinski definition) is 3. The van der Waals surface area contributed by atoms with Crippen LogP contribution in [0.4, 0.5) is 9.59 Å². The van der Waals surface area contributed by atoms with Gasteiger partial charge >= 0.3 is 12.3 Å². The van der Waals surface area contributed by atoms with Crippen LogP contribution in [0.2, 0.25) is 0 Å². The third-order valence-electron chi connectivity index (χ3n) is 0.569. The lowest BCUT2D eigenvalue weighted by Crippen LogP contribution is -2.22. The number of hydrogen-bond acceptors (Lipinski definition) is 7. The van der Waals surface area contributed by atoms with Crippen molar-refractivity contribution >= 4 is 12.3 Å². The normalized spacial score (nSPS) is 11.5. The van der Waals surface area contributed by atoms with Gasteiger partial charge in [0.25, 0.3) is 0 Å². The van der Waals surface area contributed by atoms with E-state index >= 15 is 0 Å². The third-order valence-corrected chi connectivity index (χ3v) is 0.569. The predicted octanol–water partition coefficient (Wildman–Crippen LogP) is -0.940. The SMILES string of the molecule is O=C(O)OOC(=O)OC(O)CO. The van der Waals surface area contributed by atoms with E-state index in [0.717, 1.165) is 0 Å². The summed E-state index contributed by atoms with van der Waals surface area (Å²) in [5.74, 6) is 0. The molecule has 0 radical (unpaired) electrons. The highest BCUT2D eigenvalue weighted by molar-refractivity contribution is 5.62. The van der Waals surface area contributed by atoms with Gasteiger partial charge in [0.15, 0.2) is 0 Å². The summed E-state index contributed by atoms with van der Waals surface area (Å²) in [6.45, 7) is -0.831. The number of rotatable bonds is 2. The van der Waals surface area contributed by atoms with E-state index in [-0.39, 0.29) is 0 Å². The lowest BCUT2D eigenvalue weighted by molar-refractivity contribution is -0.230. The van der Waals surface area contributed by atoms with Crippen LogP contribution in [0.25, 0.3) is 0 Å². The Labute approximate surface area is 65.8 Å². The van der Waals surface area contributed by atoms with Gasteiger partial charge in [-0.25, -0.2) is 9.68 Å². The van der Waals surface area contributed by atoms with Gasteiger partial charge in [-0.3, -0.25) is 0 Å². The van der Waals surface area contributed by atoms with E-state index < -0.39 is 25.2 Å². The van der Waals surface area contributed by atoms with Crippen LogP contribution in [0.3, 0.4) is 0 Å². The fraction of sp³-hybridized carbons (Fsp3) is 0.500. The van der Waals surface area contributed by atoms with Crippen LogP contribution in [0.1, 0.15) is 0 Å². The van der Waals surface area contributed by atoms with Gasteiger partial charge in [0.1, 0.15) is 6.61 Å². The van der Waals surface area contributed by atoms with Gasteiger partial charge in [-0.1, -0.05) is 0 Å². The second-order valence-corrected chi connectivity index (χ2v) is 1.44. The monoisotopic (exact) mass is 182 g/mol. The average molecular weight is 182 g/mol. The van der Waals surface area contributed by atoms with Gasteiger partial charge < -0.3 is 20.1 Å². The van der Waals surface area contributed by atoms with Crippen molar-refractivity contribution in [2.45, 2.75) is 6.29 Å². The molecule has 0 saturated carbocycles. The van der Waals surface area contributed by atoms with Gasteiger partial charge in [0.05, 0.1) is 0 Å². The fourth-order valence-electron chi connectivity index (χ4n) is 0.238. The molecule has 0 saturated heterocycles. The molecule has 0 heterocycles. The molecule has 1 atom stereocenters. The second kappa shape index (κ2) is 5.16. The molecular formula is C4H6O8. The molecule has 0 aliphatic rings. The Hall–Kier alpha value is -1.54. The zero-order chi connectivity index (χ0) is 9.56. The summed E-state index contributed by atoms with van der Waals surface area (Å²) in [6, 6.07) is 0. The minimum atomic E-state index is -1.84. The Morgan fingerprint density at radius 3 is 2.33 bits per heavy atom. The number of carboxylic acid groups (broad SMARTS) is 1. The summed E-state index contributed by atoms with van der Waals surface area (Å²) in [6.07, 6.45) is -5.18. The molecule has 3 N–H and O–H groups in total. The van der Waals surface area contributed by atoms with Crippen LogP contribution in [-0.2, 0) is 14.5 Å². The summed E-state index contributed by atoms with van der Waals surface area (Å²) < 4.78 is 3.81. The molecule has 0 aromatic heterocycles. The topological polar surface area (TPSA) is 123 Å². The predicted molar refractivity (Wildman–Crippen MR) is 29.8 cm³/mol. The minimum absolute atomic E-state index is 0.831. The lowest BCUT2D eigenvalue weighted by atomic mass is 10.7. The summed E-state index contributed by atoms with van der Waals surface area (Å²) >= 11 is 0. The van der Waals surface area contributed by atoms with Crippen LogP contribution in [0, 0.1) is 0 Å². The Morgan fingerprint density at radius 2 is 1.92 bits per heavy atom. The Kier molecular flexibility index (Phi) is 4.49. The maximum Gasteiger partial charge on any atom is 0.552 e. The van der Waals surface area contributed by atoms with Crippen LogP contribution >= 0.6 is 0 Å². The van der Waals surface area contributed by atoms with Gasteiger partial charge in [-0.2, -0.15) is 9.68 Å². The molecule has 0 aromatic rings. The zero-order valence-electron chi connectivity index (χ0n) is 5.67. The quantitative estimate of drug-likeness (QED) is 0.216. The highest BCUT2D eigenvalue weighted by atomic mass is 17.3. The summed E-state index contributed by atoms with van der Waals surface area (Å²) in [7, 11) is 0. The minimum Gasteiger partial charge on any atom is -0.447 e. The number of carbonyl (C=O) groups is 2.